The van der Waals surface area contributed by atoms with Crippen molar-refractivity contribution in [3.8, 4) is 6.07 Å². The molecule has 1 aromatic carbocycles. The van der Waals surface area contributed by atoms with Crippen LogP contribution in [0.4, 0.5) is 0 Å². The van der Waals surface area contributed by atoms with Crippen molar-refractivity contribution in [2.45, 2.75) is 12.8 Å². The molecular formula is C14H16N2. The van der Waals surface area contributed by atoms with Crippen LogP contribution in [0.5, 0.6) is 0 Å². The lowest BCUT2D eigenvalue weighted by molar-refractivity contribution is 0.313. The van der Waals surface area contributed by atoms with Crippen LogP contribution in [0.25, 0.3) is 5.57 Å². The van der Waals surface area contributed by atoms with E-state index >= 15 is 0 Å². The van der Waals surface area contributed by atoms with Gasteiger partial charge in [0, 0.05) is 13.1 Å². The zero-order valence-corrected chi connectivity index (χ0v) is 9.61. The van der Waals surface area contributed by atoms with E-state index in [9.17, 15) is 5.26 Å². The van der Waals surface area contributed by atoms with Crippen molar-refractivity contribution in [3.05, 3.63) is 41.5 Å². The highest BCUT2D eigenvalue weighted by molar-refractivity contribution is 5.79. The van der Waals surface area contributed by atoms with E-state index < -0.39 is 0 Å². The summed E-state index contributed by atoms with van der Waals surface area (Å²) in [5.41, 5.74) is 3.25. The average molecular weight is 212 g/mol. The van der Waals surface area contributed by atoms with Gasteiger partial charge in [-0.2, -0.15) is 5.26 Å². The monoisotopic (exact) mass is 212 g/mol. The number of nitrogens with zero attached hydrogens (tertiary/aromatic N) is 2. The van der Waals surface area contributed by atoms with Crippen molar-refractivity contribution >= 4 is 5.57 Å². The molecule has 0 bridgehead atoms. The summed E-state index contributed by atoms with van der Waals surface area (Å²) in [6.45, 7) is 2.13. The summed E-state index contributed by atoms with van der Waals surface area (Å²) >= 11 is 0. The summed E-state index contributed by atoms with van der Waals surface area (Å²) in [5.74, 6) is 0. The maximum absolute atomic E-state index is 9.28. The normalized spacial score (nSPS) is 16.9. The first-order valence-corrected chi connectivity index (χ1v) is 5.67. The maximum Gasteiger partial charge on any atom is 0.0997 e. The number of likely N-dealkylation sites (tertiary alicyclic amines) is 1. The van der Waals surface area contributed by atoms with Gasteiger partial charge >= 0.3 is 0 Å². The highest BCUT2D eigenvalue weighted by Crippen LogP contribution is 2.25. The first kappa shape index (κ1) is 10.9. The van der Waals surface area contributed by atoms with Gasteiger partial charge in [0.05, 0.1) is 11.6 Å². The van der Waals surface area contributed by atoms with Gasteiger partial charge in [0.1, 0.15) is 0 Å². The summed E-state index contributed by atoms with van der Waals surface area (Å²) in [7, 11) is 2.13. The molecule has 2 rings (SSSR count). The SMILES string of the molecule is CN1CCC(=C(C#N)c2ccccc2)CC1. The highest BCUT2D eigenvalue weighted by Gasteiger charge is 2.14. The van der Waals surface area contributed by atoms with E-state index in [-0.39, 0.29) is 0 Å². The zero-order valence-electron chi connectivity index (χ0n) is 9.61. The number of hydrogen-bond acceptors (Lipinski definition) is 2. The molecule has 0 aliphatic carbocycles. The third-order valence-electron chi connectivity index (χ3n) is 3.12. The molecule has 0 aromatic heterocycles. The molecule has 0 amide bonds. The van der Waals surface area contributed by atoms with Crippen LogP contribution in [0.2, 0.25) is 0 Å². The lowest BCUT2D eigenvalue weighted by atomic mass is 9.94. The second kappa shape index (κ2) is 4.96. The molecule has 1 aliphatic rings. The van der Waals surface area contributed by atoms with Gasteiger partial charge in [-0.05, 0) is 31.0 Å². The van der Waals surface area contributed by atoms with Gasteiger partial charge in [-0.1, -0.05) is 30.3 Å². The fourth-order valence-corrected chi connectivity index (χ4v) is 2.09. The van der Waals surface area contributed by atoms with Crippen LogP contribution in [0, 0.1) is 11.3 Å². The lowest BCUT2D eigenvalue weighted by Gasteiger charge is -2.25. The minimum atomic E-state index is 0.883. The average Bonchev–Trinajstić information content (AvgIpc) is 2.34. The lowest BCUT2D eigenvalue weighted by Crippen LogP contribution is -2.26. The largest absolute Gasteiger partial charge is 0.306 e. The number of benzene rings is 1. The van der Waals surface area contributed by atoms with E-state index in [0.29, 0.717) is 0 Å². The van der Waals surface area contributed by atoms with Gasteiger partial charge in [-0.15, -0.1) is 0 Å². The molecule has 1 aromatic rings. The van der Waals surface area contributed by atoms with Gasteiger partial charge in [-0.3, -0.25) is 0 Å². The van der Waals surface area contributed by atoms with E-state index in [1.165, 1.54) is 5.57 Å². The topological polar surface area (TPSA) is 27.0 Å². The molecule has 1 heterocycles. The van der Waals surface area contributed by atoms with E-state index in [4.69, 9.17) is 0 Å². The van der Waals surface area contributed by atoms with Crippen LogP contribution in [-0.2, 0) is 0 Å². The molecule has 2 nitrogen and oxygen atoms in total. The molecular weight excluding hydrogens is 196 g/mol. The summed E-state index contributed by atoms with van der Waals surface area (Å²) in [6.07, 6.45) is 2.04. The Labute approximate surface area is 96.8 Å². The number of nitriles is 1. The Morgan fingerprint density at radius 2 is 1.81 bits per heavy atom. The zero-order chi connectivity index (χ0) is 11.4. The Bertz CT molecular complexity index is 416. The molecule has 0 unspecified atom stereocenters. The molecule has 0 saturated carbocycles. The number of rotatable bonds is 1. The van der Waals surface area contributed by atoms with Gasteiger partial charge in [0.25, 0.3) is 0 Å². The number of allylic oxidation sites excluding steroid dienone is 1. The van der Waals surface area contributed by atoms with Crippen molar-refractivity contribution < 1.29 is 0 Å². The van der Waals surface area contributed by atoms with Gasteiger partial charge in [0.2, 0.25) is 0 Å². The van der Waals surface area contributed by atoms with Gasteiger partial charge < -0.3 is 4.90 Å². The van der Waals surface area contributed by atoms with Crippen molar-refractivity contribution in [2.75, 3.05) is 20.1 Å². The molecule has 16 heavy (non-hydrogen) atoms. The Hall–Kier alpha value is -1.59. The predicted molar refractivity (Wildman–Crippen MR) is 65.7 cm³/mol. The Morgan fingerprint density at radius 3 is 2.38 bits per heavy atom. The number of piperidine rings is 1. The van der Waals surface area contributed by atoms with E-state index in [1.807, 2.05) is 30.3 Å². The van der Waals surface area contributed by atoms with Crippen LogP contribution < -0.4 is 0 Å². The standard InChI is InChI=1S/C14H16N2/c1-16-9-7-13(8-10-16)14(11-15)12-5-3-2-4-6-12/h2-6H,7-10H2,1H3. The van der Waals surface area contributed by atoms with Crippen LogP contribution >= 0.6 is 0 Å². The van der Waals surface area contributed by atoms with Crippen molar-refractivity contribution in [3.63, 3.8) is 0 Å². The van der Waals surface area contributed by atoms with Gasteiger partial charge in [-0.25, -0.2) is 0 Å². The molecule has 1 aliphatic heterocycles. The first-order valence-electron chi connectivity index (χ1n) is 5.67. The Balaban J connectivity index is 2.30. The third-order valence-corrected chi connectivity index (χ3v) is 3.12. The predicted octanol–water partition coefficient (Wildman–Crippen LogP) is 2.69. The molecule has 1 fully saturated rings. The third kappa shape index (κ3) is 2.32. The molecule has 0 atom stereocenters. The first-order chi connectivity index (χ1) is 7.81. The molecule has 82 valence electrons. The Kier molecular flexibility index (Phi) is 3.38. The van der Waals surface area contributed by atoms with Gasteiger partial charge in [0.15, 0.2) is 0 Å². The fourth-order valence-electron chi connectivity index (χ4n) is 2.09. The summed E-state index contributed by atoms with van der Waals surface area (Å²) in [5, 5.41) is 9.28. The summed E-state index contributed by atoms with van der Waals surface area (Å²) in [4.78, 5) is 2.31. The van der Waals surface area contributed by atoms with Crippen LogP contribution in [-0.4, -0.2) is 25.0 Å². The summed E-state index contributed by atoms with van der Waals surface area (Å²) in [6, 6.07) is 12.4. The van der Waals surface area contributed by atoms with E-state index in [2.05, 4.69) is 18.0 Å². The van der Waals surface area contributed by atoms with Crippen LogP contribution in [0.1, 0.15) is 18.4 Å². The van der Waals surface area contributed by atoms with Crippen molar-refractivity contribution in [2.24, 2.45) is 0 Å². The van der Waals surface area contributed by atoms with Crippen LogP contribution in [0.3, 0.4) is 0 Å². The summed E-state index contributed by atoms with van der Waals surface area (Å²) < 4.78 is 0. The highest BCUT2D eigenvalue weighted by atomic mass is 15.1. The van der Waals surface area contributed by atoms with E-state index in [1.54, 1.807) is 0 Å². The molecule has 1 saturated heterocycles. The number of hydrogen-bond donors (Lipinski definition) is 0. The molecule has 2 heteroatoms. The molecule has 0 spiro atoms. The molecule has 0 radical (unpaired) electrons. The second-order valence-corrected chi connectivity index (χ2v) is 4.26. The fraction of sp³-hybridized carbons (Fsp3) is 0.357. The quantitative estimate of drug-likeness (QED) is 0.669. The van der Waals surface area contributed by atoms with Crippen molar-refractivity contribution in [1.29, 1.82) is 5.26 Å². The maximum atomic E-state index is 9.28. The second-order valence-electron chi connectivity index (χ2n) is 4.26. The molecule has 0 N–H and O–H groups in total. The smallest absolute Gasteiger partial charge is 0.0997 e. The Morgan fingerprint density at radius 1 is 1.19 bits per heavy atom. The minimum absolute atomic E-state index is 0.883. The van der Waals surface area contributed by atoms with Crippen LogP contribution in [0.15, 0.2) is 35.9 Å². The van der Waals surface area contributed by atoms with E-state index in [0.717, 1.165) is 37.1 Å². The van der Waals surface area contributed by atoms with Crippen molar-refractivity contribution in [1.82, 2.24) is 4.90 Å². The minimum Gasteiger partial charge on any atom is -0.306 e.